The second kappa shape index (κ2) is 7.00. The minimum absolute atomic E-state index is 0.361. The molecule has 0 aromatic heterocycles. The summed E-state index contributed by atoms with van der Waals surface area (Å²) in [4.78, 5) is 0. The number of benzene rings is 1. The van der Waals surface area contributed by atoms with Crippen molar-refractivity contribution in [3.63, 3.8) is 0 Å². The van der Waals surface area contributed by atoms with Crippen molar-refractivity contribution in [1.82, 2.24) is 5.32 Å². The smallest absolute Gasteiger partial charge is 0.0451 e. The van der Waals surface area contributed by atoms with Gasteiger partial charge in [-0.25, -0.2) is 0 Å². The zero-order valence-corrected chi connectivity index (χ0v) is 12.5. The number of nitrogens with one attached hydrogen (secondary N) is 1. The third-order valence-corrected chi connectivity index (χ3v) is 4.48. The van der Waals surface area contributed by atoms with E-state index >= 15 is 0 Å². The second-order valence-corrected chi connectivity index (χ2v) is 6.46. The monoisotopic (exact) mass is 305 g/mol. The van der Waals surface area contributed by atoms with Crippen LogP contribution in [0.5, 0.6) is 0 Å². The van der Waals surface area contributed by atoms with Crippen LogP contribution in [-0.4, -0.2) is 11.9 Å². The number of rotatable bonds is 4. The minimum Gasteiger partial charge on any atom is -0.312 e. The first-order valence-corrected chi connectivity index (χ1v) is 7.63. The Hall–Kier alpha value is 0.0500. The predicted octanol–water partition coefficient (Wildman–Crippen LogP) is 4.88. The van der Waals surface area contributed by atoms with Crippen LogP contribution in [0, 0.1) is 5.92 Å². The highest BCUT2D eigenvalue weighted by Crippen LogP contribution is 2.27. The van der Waals surface area contributed by atoms with Gasteiger partial charge >= 0.3 is 0 Å². The summed E-state index contributed by atoms with van der Waals surface area (Å²) in [7, 11) is 0. The third-order valence-electron chi connectivity index (χ3n) is 3.48. The molecule has 0 aliphatic heterocycles. The maximum absolute atomic E-state index is 6.19. The molecule has 4 heteroatoms. The lowest BCUT2D eigenvalue weighted by Gasteiger charge is -2.25. The fraction of sp³-hybridized carbons (Fsp3) is 0.571. The van der Waals surface area contributed by atoms with Crippen molar-refractivity contribution >= 4 is 34.8 Å². The van der Waals surface area contributed by atoms with Gasteiger partial charge in [0, 0.05) is 22.0 Å². The molecule has 1 nitrogen and oxygen atoms in total. The van der Waals surface area contributed by atoms with E-state index in [0.717, 1.165) is 41.5 Å². The molecule has 1 N–H and O–H groups in total. The van der Waals surface area contributed by atoms with E-state index in [4.69, 9.17) is 34.8 Å². The van der Waals surface area contributed by atoms with Crippen LogP contribution in [-0.2, 0) is 6.54 Å². The lowest BCUT2D eigenvalue weighted by Crippen LogP contribution is -2.27. The highest BCUT2D eigenvalue weighted by atomic mass is 35.5. The van der Waals surface area contributed by atoms with Gasteiger partial charge in [0.2, 0.25) is 0 Å². The van der Waals surface area contributed by atoms with Crippen LogP contribution in [0.15, 0.2) is 18.2 Å². The Balaban J connectivity index is 1.79. The van der Waals surface area contributed by atoms with E-state index < -0.39 is 0 Å². The van der Waals surface area contributed by atoms with Crippen LogP contribution in [0.2, 0.25) is 10.0 Å². The average molecular weight is 307 g/mol. The molecule has 0 saturated heterocycles. The van der Waals surface area contributed by atoms with Crippen LogP contribution in [0.25, 0.3) is 0 Å². The molecule has 1 aromatic rings. The van der Waals surface area contributed by atoms with E-state index in [2.05, 4.69) is 5.32 Å². The maximum Gasteiger partial charge on any atom is 0.0451 e. The Morgan fingerprint density at radius 2 is 2.06 bits per heavy atom. The van der Waals surface area contributed by atoms with Crippen molar-refractivity contribution in [2.24, 2.45) is 5.92 Å². The largest absolute Gasteiger partial charge is 0.312 e. The van der Waals surface area contributed by atoms with Gasteiger partial charge in [0.15, 0.2) is 0 Å². The van der Waals surface area contributed by atoms with E-state index in [0.29, 0.717) is 11.3 Å². The fourth-order valence-electron chi connectivity index (χ4n) is 2.50. The molecule has 1 aromatic carbocycles. The van der Waals surface area contributed by atoms with Crippen molar-refractivity contribution in [2.75, 3.05) is 6.54 Å². The van der Waals surface area contributed by atoms with Gasteiger partial charge in [-0.2, -0.15) is 0 Å². The van der Waals surface area contributed by atoms with E-state index in [9.17, 15) is 0 Å². The first-order valence-electron chi connectivity index (χ1n) is 6.44. The Morgan fingerprint density at radius 3 is 2.83 bits per heavy atom. The molecule has 1 fully saturated rings. The molecule has 2 atom stereocenters. The highest BCUT2D eigenvalue weighted by molar-refractivity contribution is 6.33. The molecule has 1 aliphatic carbocycles. The SMILES string of the molecule is Clc1ccc(Cl)c(CNCC2CCCC(Cl)C2)c1. The molecular weight excluding hydrogens is 289 g/mol. The molecule has 0 bridgehead atoms. The lowest BCUT2D eigenvalue weighted by atomic mass is 9.89. The van der Waals surface area contributed by atoms with E-state index in [1.54, 1.807) is 0 Å². The molecule has 2 rings (SSSR count). The molecule has 0 spiro atoms. The molecule has 18 heavy (non-hydrogen) atoms. The van der Waals surface area contributed by atoms with Gasteiger partial charge in [-0.05, 0) is 55.5 Å². The van der Waals surface area contributed by atoms with Crippen LogP contribution in [0.3, 0.4) is 0 Å². The molecule has 0 amide bonds. The van der Waals surface area contributed by atoms with Gasteiger partial charge in [-0.3, -0.25) is 0 Å². The minimum atomic E-state index is 0.361. The summed E-state index contributed by atoms with van der Waals surface area (Å²) in [5.41, 5.74) is 1.06. The zero-order chi connectivity index (χ0) is 13.0. The van der Waals surface area contributed by atoms with Crippen molar-refractivity contribution in [3.05, 3.63) is 33.8 Å². The summed E-state index contributed by atoms with van der Waals surface area (Å²) in [6, 6.07) is 5.57. The standard InChI is InChI=1S/C14H18Cl3N/c15-12-3-1-2-10(6-12)8-18-9-11-7-13(16)4-5-14(11)17/h4-5,7,10,12,18H,1-3,6,8-9H2. The zero-order valence-electron chi connectivity index (χ0n) is 10.3. The van der Waals surface area contributed by atoms with Crippen molar-refractivity contribution < 1.29 is 0 Å². The highest BCUT2D eigenvalue weighted by Gasteiger charge is 2.19. The van der Waals surface area contributed by atoms with Crippen molar-refractivity contribution in [3.8, 4) is 0 Å². The van der Waals surface area contributed by atoms with E-state index in [-0.39, 0.29) is 0 Å². The summed E-state index contributed by atoms with van der Waals surface area (Å²) in [6.45, 7) is 1.77. The van der Waals surface area contributed by atoms with Crippen LogP contribution < -0.4 is 5.32 Å². The van der Waals surface area contributed by atoms with E-state index in [1.807, 2.05) is 18.2 Å². The average Bonchev–Trinajstić information content (AvgIpc) is 2.34. The number of hydrogen-bond donors (Lipinski definition) is 1. The summed E-state index contributed by atoms with van der Waals surface area (Å²) in [5.74, 6) is 0.694. The molecule has 100 valence electrons. The van der Waals surface area contributed by atoms with Gasteiger partial charge in [-0.15, -0.1) is 11.6 Å². The normalized spacial score (nSPS) is 24.2. The Labute approximate surface area is 124 Å². The Bertz CT molecular complexity index is 395. The van der Waals surface area contributed by atoms with Crippen LogP contribution in [0.4, 0.5) is 0 Å². The Morgan fingerprint density at radius 1 is 1.22 bits per heavy atom. The van der Waals surface area contributed by atoms with Crippen molar-refractivity contribution in [2.45, 2.75) is 37.6 Å². The fourth-order valence-corrected chi connectivity index (χ4v) is 3.29. The first-order chi connectivity index (χ1) is 8.65. The molecular formula is C14H18Cl3N. The summed E-state index contributed by atoms with van der Waals surface area (Å²) in [6.07, 6.45) is 4.81. The van der Waals surface area contributed by atoms with Crippen LogP contribution >= 0.6 is 34.8 Å². The summed E-state index contributed by atoms with van der Waals surface area (Å²) < 4.78 is 0. The molecule has 1 saturated carbocycles. The predicted molar refractivity (Wildman–Crippen MR) is 79.8 cm³/mol. The second-order valence-electron chi connectivity index (χ2n) is 5.00. The first kappa shape index (κ1) is 14.5. The topological polar surface area (TPSA) is 12.0 Å². The lowest BCUT2D eigenvalue weighted by molar-refractivity contribution is 0.346. The number of alkyl halides is 1. The van der Waals surface area contributed by atoms with Gasteiger partial charge in [0.05, 0.1) is 0 Å². The maximum atomic E-state index is 6.19. The third kappa shape index (κ3) is 4.31. The van der Waals surface area contributed by atoms with Gasteiger partial charge < -0.3 is 5.32 Å². The van der Waals surface area contributed by atoms with Gasteiger partial charge in [0.1, 0.15) is 0 Å². The van der Waals surface area contributed by atoms with Gasteiger partial charge in [-0.1, -0.05) is 29.6 Å². The van der Waals surface area contributed by atoms with E-state index in [1.165, 1.54) is 12.8 Å². The quantitative estimate of drug-likeness (QED) is 0.782. The number of hydrogen-bond acceptors (Lipinski definition) is 1. The molecule has 0 radical (unpaired) electrons. The molecule has 0 heterocycles. The number of halogens is 3. The Kier molecular flexibility index (Phi) is 5.62. The van der Waals surface area contributed by atoms with Crippen molar-refractivity contribution in [1.29, 1.82) is 0 Å². The molecule has 2 unspecified atom stereocenters. The summed E-state index contributed by atoms with van der Waals surface area (Å²) >= 11 is 18.3. The molecule has 1 aliphatic rings. The van der Waals surface area contributed by atoms with Crippen LogP contribution in [0.1, 0.15) is 31.2 Å². The van der Waals surface area contributed by atoms with Gasteiger partial charge in [0.25, 0.3) is 0 Å². The summed E-state index contributed by atoms with van der Waals surface area (Å²) in [5, 5.41) is 5.32.